The van der Waals surface area contributed by atoms with Gasteiger partial charge in [-0.2, -0.15) is 0 Å². The highest BCUT2D eigenvalue weighted by Crippen LogP contribution is 2.54. The van der Waals surface area contributed by atoms with Crippen molar-refractivity contribution >= 4 is 11.6 Å². The summed E-state index contributed by atoms with van der Waals surface area (Å²) >= 11 is 0. The molecule has 0 N–H and O–H groups in total. The van der Waals surface area contributed by atoms with Crippen molar-refractivity contribution in [1.82, 2.24) is 0 Å². The maximum Gasteiger partial charge on any atom is 0.144 e. The van der Waals surface area contributed by atoms with Gasteiger partial charge < -0.3 is 0 Å². The standard InChI is InChI=1S/C19H20O2.C13H28/c1-14-3-7-16(8-4-14)11-18(20)13-19(21)12-17-9-5-15(2)6-10-17;1-10(2)12(6,7)13(8,9)11(3,4)5/h3-10H,11-13H2,1-2H3;10H,1-9H3. The van der Waals surface area contributed by atoms with Crippen molar-refractivity contribution in [3.63, 3.8) is 0 Å². The minimum absolute atomic E-state index is 0.0156. The fourth-order valence-corrected chi connectivity index (χ4v) is 3.90. The summed E-state index contributed by atoms with van der Waals surface area (Å²) < 4.78 is 0. The first-order valence-corrected chi connectivity index (χ1v) is 12.6. The molecular formula is C32H48O2. The summed E-state index contributed by atoms with van der Waals surface area (Å²) in [6.07, 6.45) is 0.682. The first-order valence-electron chi connectivity index (χ1n) is 12.6. The van der Waals surface area contributed by atoms with E-state index >= 15 is 0 Å². The van der Waals surface area contributed by atoms with E-state index in [2.05, 4.69) is 62.3 Å². The first kappa shape index (κ1) is 29.8. The van der Waals surface area contributed by atoms with Gasteiger partial charge in [0.1, 0.15) is 11.6 Å². The number of carbonyl (C=O) groups is 2. The van der Waals surface area contributed by atoms with Gasteiger partial charge in [0.15, 0.2) is 0 Å². The van der Waals surface area contributed by atoms with Crippen molar-refractivity contribution in [2.24, 2.45) is 22.2 Å². The van der Waals surface area contributed by atoms with Gasteiger partial charge in [-0.25, -0.2) is 0 Å². The first-order chi connectivity index (χ1) is 15.5. The lowest BCUT2D eigenvalue weighted by Gasteiger charge is -2.53. The monoisotopic (exact) mass is 464 g/mol. The molecule has 2 aromatic rings. The van der Waals surface area contributed by atoms with Crippen LogP contribution in [0.5, 0.6) is 0 Å². The predicted octanol–water partition coefficient (Wildman–Crippen LogP) is 8.36. The molecule has 2 rings (SSSR count). The van der Waals surface area contributed by atoms with Gasteiger partial charge in [-0.15, -0.1) is 0 Å². The maximum absolute atomic E-state index is 11.9. The zero-order valence-corrected chi connectivity index (χ0v) is 23.6. The molecule has 0 aliphatic rings. The van der Waals surface area contributed by atoms with Crippen LogP contribution >= 0.6 is 0 Å². The Kier molecular flexibility index (Phi) is 10.5. The Balaban J connectivity index is 0.000000385. The molecule has 0 heterocycles. The summed E-state index contributed by atoms with van der Waals surface area (Å²) in [5, 5.41) is 0. The van der Waals surface area contributed by atoms with Gasteiger partial charge >= 0.3 is 0 Å². The van der Waals surface area contributed by atoms with Gasteiger partial charge in [-0.3, -0.25) is 9.59 Å². The van der Waals surface area contributed by atoms with Crippen LogP contribution in [-0.2, 0) is 22.4 Å². The average molecular weight is 465 g/mol. The molecule has 0 unspecified atom stereocenters. The highest BCUT2D eigenvalue weighted by atomic mass is 16.1. The highest BCUT2D eigenvalue weighted by Gasteiger charge is 2.46. The number of aryl methyl sites for hydroxylation is 2. The molecule has 34 heavy (non-hydrogen) atoms. The van der Waals surface area contributed by atoms with Crippen molar-refractivity contribution in [2.75, 3.05) is 0 Å². The molecule has 0 bridgehead atoms. The van der Waals surface area contributed by atoms with Crippen LogP contribution in [0.2, 0.25) is 0 Å². The SMILES string of the molecule is CC(C)C(C)(C)C(C)(C)C(C)(C)C.Cc1ccc(CC(=O)CC(=O)Cc2ccc(C)cc2)cc1. The molecule has 0 spiro atoms. The molecule has 0 aliphatic heterocycles. The van der Waals surface area contributed by atoms with Gasteiger partial charge in [0.25, 0.3) is 0 Å². The fourth-order valence-electron chi connectivity index (χ4n) is 3.90. The second-order valence-electron chi connectivity index (χ2n) is 12.3. The summed E-state index contributed by atoms with van der Waals surface area (Å²) in [4.78, 5) is 23.9. The molecule has 2 aromatic carbocycles. The molecule has 0 aromatic heterocycles. The van der Waals surface area contributed by atoms with Crippen molar-refractivity contribution in [2.45, 2.75) is 95.4 Å². The van der Waals surface area contributed by atoms with Crippen LogP contribution in [0.1, 0.15) is 91.0 Å². The van der Waals surface area contributed by atoms with Crippen LogP contribution in [0, 0.1) is 36.0 Å². The number of hydrogen-bond acceptors (Lipinski definition) is 2. The normalized spacial score (nSPS) is 12.2. The van der Waals surface area contributed by atoms with Crippen LogP contribution < -0.4 is 0 Å². The van der Waals surface area contributed by atoms with E-state index in [1.165, 1.54) is 11.1 Å². The number of carbonyl (C=O) groups excluding carboxylic acids is 2. The number of Topliss-reactive ketones (excluding diaryl/α,β-unsaturated/α-hetero) is 2. The molecule has 2 nitrogen and oxygen atoms in total. The Morgan fingerprint density at radius 3 is 1.21 bits per heavy atom. The molecule has 2 heteroatoms. The van der Waals surface area contributed by atoms with E-state index < -0.39 is 0 Å². The van der Waals surface area contributed by atoms with Gasteiger partial charge in [-0.1, -0.05) is 122 Å². The van der Waals surface area contributed by atoms with Gasteiger partial charge in [0.05, 0.1) is 6.42 Å². The van der Waals surface area contributed by atoms with Crippen LogP contribution in [0.15, 0.2) is 48.5 Å². The van der Waals surface area contributed by atoms with Crippen LogP contribution in [-0.4, -0.2) is 11.6 Å². The third kappa shape index (κ3) is 8.53. The molecule has 0 amide bonds. The van der Waals surface area contributed by atoms with E-state index in [1.54, 1.807) is 0 Å². The van der Waals surface area contributed by atoms with E-state index in [0.717, 1.165) is 17.0 Å². The molecule has 0 radical (unpaired) electrons. The Morgan fingerprint density at radius 2 is 0.971 bits per heavy atom. The number of benzene rings is 2. The Morgan fingerprint density at radius 1 is 0.647 bits per heavy atom. The smallest absolute Gasteiger partial charge is 0.144 e. The number of rotatable bonds is 8. The summed E-state index contributed by atoms with van der Waals surface area (Å²) in [7, 11) is 0. The minimum atomic E-state index is -0.0176. The Hall–Kier alpha value is -2.22. The van der Waals surface area contributed by atoms with Gasteiger partial charge in [0.2, 0.25) is 0 Å². The van der Waals surface area contributed by atoms with Gasteiger partial charge in [0, 0.05) is 12.8 Å². The van der Waals surface area contributed by atoms with Crippen LogP contribution in [0.4, 0.5) is 0 Å². The zero-order chi connectivity index (χ0) is 26.3. The van der Waals surface area contributed by atoms with Gasteiger partial charge in [-0.05, 0) is 47.1 Å². The molecule has 0 fully saturated rings. The van der Waals surface area contributed by atoms with E-state index in [-0.39, 0.29) is 18.0 Å². The third-order valence-electron chi connectivity index (χ3n) is 8.37. The van der Waals surface area contributed by atoms with Crippen LogP contribution in [0.25, 0.3) is 0 Å². The summed E-state index contributed by atoms with van der Waals surface area (Å²) in [5.74, 6) is 0.689. The van der Waals surface area contributed by atoms with Crippen molar-refractivity contribution in [1.29, 1.82) is 0 Å². The van der Waals surface area contributed by atoms with Crippen molar-refractivity contribution < 1.29 is 9.59 Å². The van der Waals surface area contributed by atoms with E-state index in [0.29, 0.717) is 29.1 Å². The highest BCUT2D eigenvalue weighted by molar-refractivity contribution is 6.00. The molecule has 0 atom stereocenters. The zero-order valence-electron chi connectivity index (χ0n) is 23.6. The van der Waals surface area contributed by atoms with Crippen molar-refractivity contribution in [3.8, 4) is 0 Å². The summed E-state index contributed by atoms with van der Waals surface area (Å²) in [5.41, 5.74) is 5.37. The molecular weight excluding hydrogens is 416 g/mol. The molecule has 0 saturated carbocycles. The Bertz CT molecular complexity index is 863. The largest absolute Gasteiger partial charge is 0.299 e. The lowest BCUT2D eigenvalue weighted by molar-refractivity contribution is -0.126. The maximum atomic E-state index is 11.9. The second-order valence-corrected chi connectivity index (χ2v) is 12.3. The topological polar surface area (TPSA) is 34.1 Å². The lowest BCUT2D eigenvalue weighted by atomic mass is 9.52. The van der Waals surface area contributed by atoms with E-state index in [4.69, 9.17) is 0 Å². The second kappa shape index (κ2) is 12.0. The fraction of sp³-hybridized carbons (Fsp3) is 0.562. The predicted molar refractivity (Wildman–Crippen MR) is 146 cm³/mol. The lowest BCUT2D eigenvalue weighted by Crippen LogP contribution is -2.45. The summed E-state index contributed by atoms with van der Waals surface area (Å²) in [6.45, 7) is 25.3. The third-order valence-corrected chi connectivity index (χ3v) is 8.37. The van der Waals surface area contributed by atoms with Crippen LogP contribution in [0.3, 0.4) is 0 Å². The number of hydrogen-bond donors (Lipinski definition) is 0. The number of ketones is 2. The quantitative estimate of drug-likeness (QED) is 0.368. The average Bonchev–Trinajstić information content (AvgIpc) is 2.70. The summed E-state index contributed by atoms with van der Waals surface area (Å²) in [6, 6.07) is 15.7. The molecule has 0 saturated heterocycles. The minimum Gasteiger partial charge on any atom is -0.299 e. The molecule has 188 valence electrons. The van der Waals surface area contributed by atoms with E-state index in [1.807, 2.05) is 62.4 Å². The van der Waals surface area contributed by atoms with Crippen molar-refractivity contribution in [3.05, 3.63) is 70.8 Å². The Labute approximate surface area is 209 Å². The molecule has 0 aliphatic carbocycles. The van der Waals surface area contributed by atoms with E-state index in [9.17, 15) is 9.59 Å².